The molecule has 1 aliphatic rings. The summed E-state index contributed by atoms with van der Waals surface area (Å²) in [4.78, 5) is 16.8. The summed E-state index contributed by atoms with van der Waals surface area (Å²) in [5.74, 6) is 0.633. The summed E-state index contributed by atoms with van der Waals surface area (Å²) in [6, 6.07) is 0.418. The summed E-state index contributed by atoms with van der Waals surface area (Å²) in [5.41, 5.74) is 5.93. The van der Waals surface area contributed by atoms with Gasteiger partial charge in [0.1, 0.15) is 0 Å². The number of carbonyl (C=O) groups excluding carboxylic acids is 1. The Morgan fingerprint density at radius 3 is 2.38 bits per heavy atom. The fraction of sp³-hybridized carbons (Fsp3) is 0.938. The molecule has 0 bridgehead atoms. The zero-order valence-electron chi connectivity index (χ0n) is 14.3. The van der Waals surface area contributed by atoms with Crippen molar-refractivity contribution in [3.63, 3.8) is 0 Å². The maximum absolute atomic E-state index is 12.0. The molecule has 5 heteroatoms. The van der Waals surface area contributed by atoms with Crippen LogP contribution in [0.5, 0.6) is 0 Å². The summed E-state index contributed by atoms with van der Waals surface area (Å²) in [6.07, 6.45) is 2.39. The minimum Gasteiger partial charge on any atom is -0.354 e. The quantitative estimate of drug-likeness (QED) is 0.699. The van der Waals surface area contributed by atoms with E-state index in [0.717, 1.165) is 45.6 Å². The Morgan fingerprint density at radius 2 is 1.86 bits per heavy atom. The van der Waals surface area contributed by atoms with Gasteiger partial charge in [-0.25, -0.2) is 0 Å². The third-order valence-corrected chi connectivity index (χ3v) is 4.39. The van der Waals surface area contributed by atoms with Crippen molar-refractivity contribution in [3.05, 3.63) is 0 Å². The average Bonchev–Trinajstić information content (AvgIpc) is 2.40. The van der Waals surface area contributed by atoms with Gasteiger partial charge in [0.2, 0.25) is 5.91 Å². The van der Waals surface area contributed by atoms with Crippen LogP contribution in [0.2, 0.25) is 0 Å². The molecule has 1 heterocycles. The Hall–Kier alpha value is -0.650. The molecular weight excluding hydrogens is 264 g/mol. The van der Waals surface area contributed by atoms with E-state index in [1.165, 1.54) is 0 Å². The van der Waals surface area contributed by atoms with Crippen molar-refractivity contribution in [2.24, 2.45) is 11.7 Å². The molecule has 0 aliphatic carbocycles. The van der Waals surface area contributed by atoms with E-state index in [-0.39, 0.29) is 11.9 Å². The first kappa shape index (κ1) is 18.4. The number of amides is 1. The van der Waals surface area contributed by atoms with Gasteiger partial charge in [-0.2, -0.15) is 0 Å². The first-order valence-corrected chi connectivity index (χ1v) is 8.38. The second-order valence-electron chi connectivity index (χ2n) is 6.71. The molecule has 0 aromatic carbocycles. The average molecular weight is 298 g/mol. The van der Waals surface area contributed by atoms with E-state index >= 15 is 0 Å². The highest BCUT2D eigenvalue weighted by Crippen LogP contribution is 2.13. The Bertz CT molecular complexity index is 301. The zero-order chi connectivity index (χ0) is 15.8. The largest absolute Gasteiger partial charge is 0.354 e. The lowest BCUT2D eigenvalue weighted by Crippen LogP contribution is -2.54. The van der Waals surface area contributed by atoms with E-state index < -0.39 is 0 Å². The van der Waals surface area contributed by atoms with Crippen LogP contribution in [0.25, 0.3) is 0 Å². The molecule has 0 saturated carbocycles. The molecule has 0 spiro atoms. The number of nitrogens with zero attached hydrogens (tertiary/aromatic N) is 2. The summed E-state index contributed by atoms with van der Waals surface area (Å²) >= 11 is 0. The first-order chi connectivity index (χ1) is 9.93. The Labute approximate surface area is 130 Å². The minimum atomic E-state index is -0.00358. The summed E-state index contributed by atoms with van der Waals surface area (Å²) in [7, 11) is 2.17. The van der Waals surface area contributed by atoms with Crippen LogP contribution in [-0.4, -0.2) is 67.6 Å². The molecule has 0 aromatic heterocycles. The molecular formula is C16H34N4O. The second-order valence-corrected chi connectivity index (χ2v) is 6.71. The highest BCUT2D eigenvalue weighted by atomic mass is 16.1. The number of nitrogens with one attached hydrogen (secondary N) is 1. The van der Waals surface area contributed by atoms with Gasteiger partial charge in [0, 0.05) is 51.2 Å². The van der Waals surface area contributed by atoms with Gasteiger partial charge in [-0.3, -0.25) is 9.69 Å². The molecule has 1 fully saturated rings. The predicted molar refractivity (Wildman–Crippen MR) is 88.2 cm³/mol. The number of hydrogen-bond acceptors (Lipinski definition) is 4. The molecule has 3 N–H and O–H groups in total. The van der Waals surface area contributed by atoms with Gasteiger partial charge in [0.15, 0.2) is 0 Å². The molecule has 1 rings (SSSR count). The Kier molecular flexibility index (Phi) is 8.22. The lowest BCUT2D eigenvalue weighted by molar-refractivity contribution is -0.121. The highest BCUT2D eigenvalue weighted by molar-refractivity contribution is 5.76. The fourth-order valence-corrected chi connectivity index (χ4v) is 2.94. The maximum Gasteiger partial charge on any atom is 0.221 e. The smallest absolute Gasteiger partial charge is 0.221 e. The second kappa shape index (κ2) is 9.38. The van der Waals surface area contributed by atoms with Crippen LogP contribution < -0.4 is 11.1 Å². The van der Waals surface area contributed by atoms with Crippen molar-refractivity contribution in [1.82, 2.24) is 15.1 Å². The third-order valence-electron chi connectivity index (χ3n) is 4.39. The number of likely N-dealkylation sites (N-methyl/N-ethyl adjacent to an activating group) is 1. The third kappa shape index (κ3) is 6.76. The number of piperazine rings is 1. The van der Waals surface area contributed by atoms with Crippen molar-refractivity contribution < 1.29 is 4.79 Å². The van der Waals surface area contributed by atoms with Gasteiger partial charge in [-0.1, -0.05) is 27.2 Å². The SMILES string of the molecule is CCCC(N)CC(=O)NCC(C(C)C)N1CCN(C)CC1. The molecule has 0 radical (unpaired) electrons. The minimum absolute atomic E-state index is 0.00358. The Balaban J connectivity index is 2.39. The monoisotopic (exact) mass is 298 g/mol. The highest BCUT2D eigenvalue weighted by Gasteiger charge is 2.25. The molecule has 1 aliphatic heterocycles. The van der Waals surface area contributed by atoms with Crippen molar-refractivity contribution in [2.45, 2.75) is 52.1 Å². The van der Waals surface area contributed by atoms with Crippen LogP contribution in [0.3, 0.4) is 0 Å². The lowest BCUT2D eigenvalue weighted by atomic mass is 10.0. The fourth-order valence-electron chi connectivity index (χ4n) is 2.94. The summed E-state index contributed by atoms with van der Waals surface area (Å²) in [5, 5.41) is 3.09. The van der Waals surface area contributed by atoms with E-state index in [1.807, 2.05) is 0 Å². The van der Waals surface area contributed by atoms with Gasteiger partial charge in [-0.05, 0) is 19.4 Å². The van der Waals surface area contributed by atoms with Gasteiger partial charge in [-0.15, -0.1) is 0 Å². The van der Waals surface area contributed by atoms with Crippen LogP contribution in [0.4, 0.5) is 0 Å². The van der Waals surface area contributed by atoms with E-state index in [2.05, 4.69) is 42.9 Å². The molecule has 0 aromatic rings. The zero-order valence-corrected chi connectivity index (χ0v) is 14.3. The summed E-state index contributed by atoms with van der Waals surface area (Å²) < 4.78 is 0. The van der Waals surface area contributed by atoms with Gasteiger partial charge >= 0.3 is 0 Å². The maximum atomic E-state index is 12.0. The van der Waals surface area contributed by atoms with Crippen molar-refractivity contribution >= 4 is 5.91 Å². The number of nitrogens with two attached hydrogens (primary N) is 1. The van der Waals surface area contributed by atoms with Crippen LogP contribution in [0.15, 0.2) is 0 Å². The van der Waals surface area contributed by atoms with Gasteiger partial charge < -0.3 is 16.0 Å². The van der Waals surface area contributed by atoms with Crippen LogP contribution in [-0.2, 0) is 4.79 Å². The Morgan fingerprint density at radius 1 is 1.24 bits per heavy atom. The normalized spacial score (nSPS) is 20.5. The van der Waals surface area contributed by atoms with E-state index in [1.54, 1.807) is 0 Å². The van der Waals surface area contributed by atoms with Crippen molar-refractivity contribution in [1.29, 1.82) is 0 Å². The molecule has 2 atom stereocenters. The van der Waals surface area contributed by atoms with Crippen LogP contribution >= 0.6 is 0 Å². The molecule has 21 heavy (non-hydrogen) atoms. The molecule has 5 nitrogen and oxygen atoms in total. The van der Waals surface area contributed by atoms with Crippen molar-refractivity contribution in [2.75, 3.05) is 39.8 Å². The van der Waals surface area contributed by atoms with E-state index in [4.69, 9.17) is 5.73 Å². The topological polar surface area (TPSA) is 61.6 Å². The van der Waals surface area contributed by atoms with E-state index in [9.17, 15) is 4.79 Å². The molecule has 1 saturated heterocycles. The van der Waals surface area contributed by atoms with Gasteiger partial charge in [0.25, 0.3) is 0 Å². The number of carbonyl (C=O) groups is 1. The summed E-state index contributed by atoms with van der Waals surface area (Å²) in [6.45, 7) is 11.7. The van der Waals surface area contributed by atoms with Gasteiger partial charge in [0.05, 0.1) is 0 Å². The van der Waals surface area contributed by atoms with Crippen LogP contribution in [0.1, 0.15) is 40.0 Å². The number of hydrogen-bond donors (Lipinski definition) is 2. The van der Waals surface area contributed by atoms with E-state index in [0.29, 0.717) is 18.4 Å². The molecule has 2 unspecified atom stereocenters. The lowest BCUT2D eigenvalue weighted by Gasteiger charge is -2.40. The van der Waals surface area contributed by atoms with Crippen LogP contribution in [0, 0.1) is 5.92 Å². The molecule has 124 valence electrons. The molecule has 1 amide bonds. The number of rotatable bonds is 8. The first-order valence-electron chi connectivity index (χ1n) is 8.38. The standard InChI is InChI=1S/C16H34N4O/c1-5-6-14(17)11-16(21)18-12-15(13(2)3)20-9-7-19(4)8-10-20/h13-15H,5-12,17H2,1-4H3,(H,18,21). The van der Waals surface area contributed by atoms with Crippen molar-refractivity contribution in [3.8, 4) is 0 Å². The predicted octanol–water partition coefficient (Wildman–Crippen LogP) is 0.892.